The molecule has 0 saturated carbocycles. The number of rotatable bonds is 6. The lowest BCUT2D eigenvalue weighted by Crippen LogP contribution is -2.38. The summed E-state index contributed by atoms with van der Waals surface area (Å²) in [5, 5.41) is 3.42. The Morgan fingerprint density at radius 3 is 2.62 bits per heavy atom. The van der Waals surface area contributed by atoms with Crippen LogP contribution in [-0.2, 0) is 4.74 Å². The van der Waals surface area contributed by atoms with Gasteiger partial charge in [-0.25, -0.2) is 0 Å². The van der Waals surface area contributed by atoms with Crippen LogP contribution in [0.4, 0.5) is 0 Å². The normalized spacial score (nSPS) is 14.1. The lowest BCUT2D eigenvalue weighted by Gasteiger charge is -2.26. The molecule has 0 saturated heterocycles. The average molecular weight is 225 g/mol. The molecule has 0 amide bonds. The Morgan fingerprint density at radius 2 is 2.12 bits per heavy atom. The molecule has 0 aliphatic heterocycles. The van der Waals surface area contributed by atoms with Gasteiger partial charge < -0.3 is 14.5 Å². The highest BCUT2D eigenvalue weighted by molar-refractivity contribution is 5.08. The molecular formula is C13H23NO2. The molecule has 0 radical (unpaired) electrons. The maximum atomic E-state index is 5.63. The lowest BCUT2D eigenvalue weighted by molar-refractivity contribution is -0.0106. The fourth-order valence-electron chi connectivity index (χ4n) is 1.63. The molecular weight excluding hydrogens is 202 g/mol. The third-order valence-corrected chi connectivity index (χ3v) is 2.56. The Bertz CT molecular complexity index is 317. The number of hydrogen-bond acceptors (Lipinski definition) is 3. The maximum Gasteiger partial charge on any atom is 0.120 e. The van der Waals surface area contributed by atoms with Gasteiger partial charge in [-0.2, -0.15) is 0 Å². The van der Waals surface area contributed by atoms with Crippen molar-refractivity contribution in [3.8, 4) is 0 Å². The van der Waals surface area contributed by atoms with E-state index in [2.05, 4.69) is 26.1 Å². The molecule has 0 fully saturated rings. The van der Waals surface area contributed by atoms with Crippen molar-refractivity contribution < 1.29 is 9.15 Å². The van der Waals surface area contributed by atoms with Crippen LogP contribution in [0.15, 0.2) is 16.5 Å². The number of hydrogen-bond donors (Lipinski definition) is 1. The van der Waals surface area contributed by atoms with Crippen LogP contribution in [0.2, 0.25) is 0 Å². The molecule has 0 aliphatic rings. The van der Waals surface area contributed by atoms with Gasteiger partial charge >= 0.3 is 0 Å². The molecule has 1 heterocycles. The monoisotopic (exact) mass is 225 g/mol. The van der Waals surface area contributed by atoms with E-state index in [1.165, 1.54) is 0 Å². The van der Waals surface area contributed by atoms with Crippen LogP contribution in [0, 0.1) is 6.92 Å². The second-order valence-corrected chi connectivity index (χ2v) is 4.74. The van der Waals surface area contributed by atoms with Crippen molar-refractivity contribution in [2.24, 2.45) is 0 Å². The van der Waals surface area contributed by atoms with Crippen LogP contribution in [0.5, 0.6) is 0 Å². The molecule has 3 heteroatoms. The first-order chi connectivity index (χ1) is 7.44. The zero-order valence-corrected chi connectivity index (χ0v) is 11.0. The van der Waals surface area contributed by atoms with E-state index in [1.807, 2.05) is 26.0 Å². The second-order valence-electron chi connectivity index (χ2n) is 4.74. The fourth-order valence-corrected chi connectivity index (χ4v) is 1.63. The molecule has 1 N–H and O–H groups in total. The largest absolute Gasteiger partial charge is 0.465 e. The van der Waals surface area contributed by atoms with Crippen molar-refractivity contribution in [1.29, 1.82) is 0 Å². The first-order valence-corrected chi connectivity index (χ1v) is 5.88. The van der Waals surface area contributed by atoms with E-state index in [0.29, 0.717) is 0 Å². The fraction of sp³-hybridized carbons (Fsp3) is 0.692. The predicted molar refractivity (Wildman–Crippen MR) is 65.6 cm³/mol. The van der Waals surface area contributed by atoms with E-state index >= 15 is 0 Å². The average Bonchev–Trinajstić information content (AvgIpc) is 2.61. The van der Waals surface area contributed by atoms with Crippen LogP contribution in [-0.4, -0.2) is 18.8 Å². The van der Waals surface area contributed by atoms with Crippen LogP contribution in [0.25, 0.3) is 0 Å². The van der Waals surface area contributed by atoms with Crippen molar-refractivity contribution in [3.05, 3.63) is 23.7 Å². The van der Waals surface area contributed by atoms with Crippen molar-refractivity contribution in [3.63, 3.8) is 0 Å². The summed E-state index contributed by atoms with van der Waals surface area (Å²) in [6.45, 7) is 11.8. The zero-order valence-electron chi connectivity index (χ0n) is 11.0. The Labute approximate surface area is 98.2 Å². The van der Waals surface area contributed by atoms with Gasteiger partial charge in [0.25, 0.3) is 0 Å². The molecule has 1 unspecified atom stereocenters. The van der Waals surface area contributed by atoms with Gasteiger partial charge in [-0.3, -0.25) is 0 Å². The summed E-state index contributed by atoms with van der Waals surface area (Å²) in [7, 11) is 0. The van der Waals surface area contributed by atoms with Gasteiger partial charge in [-0.15, -0.1) is 0 Å². The third kappa shape index (κ3) is 3.99. The van der Waals surface area contributed by atoms with E-state index in [4.69, 9.17) is 9.15 Å². The molecule has 0 spiro atoms. The standard InChI is InChI=1S/C13H23NO2/c1-6-15-13(4,5)9-14-11(3)12-8-7-10(2)16-12/h7-8,11,14H,6,9H2,1-5H3. The third-order valence-electron chi connectivity index (χ3n) is 2.56. The van der Waals surface area contributed by atoms with Gasteiger partial charge in [-0.05, 0) is 46.8 Å². The summed E-state index contributed by atoms with van der Waals surface area (Å²) in [5.41, 5.74) is -0.134. The molecule has 0 aromatic carbocycles. The maximum absolute atomic E-state index is 5.63. The van der Waals surface area contributed by atoms with Crippen molar-refractivity contribution in [2.45, 2.75) is 46.3 Å². The van der Waals surface area contributed by atoms with E-state index in [-0.39, 0.29) is 11.6 Å². The number of aryl methyl sites for hydroxylation is 1. The summed E-state index contributed by atoms with van der Waals surface area (Å²) in [5.74, 6) is 1.93. The van der Waals surface area contributed by atoms with Gasteiger partial charge in [0, 0.05) is 13.2 Å². The van der Waals surface area contributed by atoms with Crippen LogP contribution in [0.1, 0.15) is 45.3 Å². The summed E-state index contributed by atoms with van der Waals surface area (Å²) in [4.78, 5) is 0. The van der Waals surface area contributed by atoms with Crippen LogP contribution in [0.3, 0.4) is 0 Å². The molecule has 0 bridgehead atoms. The van der Waals surface area contributed by atoms with Crippen LogP contribution < -0.4 is 5.32 Å². The first kappa shape index (κ1) is 13.3. The van der Waals surface area contributed by atoms with Gasteiger partial charge in [0.15, 0.2) is 0 Å². The zero-order chi connectivity index (χ0) is 12.2. The quantitative estimate of drug-likeness (QED) is 0.808. The van der Waals surface area contributed by atoms with Gasteiger partial charge in [0.05, 0.1) is 11.6 Å². The Hall–Kier alpha value is -0.800. The molecule has 92 valence electrons. The summed E-state index contributed by atoms with van der Waals surface area (Å²) in [6.07, 6.45) is 0. The number of ether oxygens (including phenoxy) is 1. The summed E-state index contributed by atoms with van der Waals surface area (Å²) >= 11 is 0. The minimum atomic E-state index is -0.134. The SMILES string of the molecule is CCOC(C)(C)CNC(C)c1ccc(C)o1. The Kier molecular flexibility index (Phi) is 4.56. The first-order valence-electron chi connectivity index (χ1n) is 5.88. The predicted octanol–water partition coefficient (Wildman–Crippen LogP) is 3.05. The molecule has 3 nitrogen and oxygen atoms in total. The van der Waals surface area contributed by atoms with Gasteiger partial charge in [0.1, 0.15) is 11.5 Å². The number of nitrogens with one attached hydrogen (secondary N) is 1. The van der Waals surface area contributed by atoms with E-state index in [9.17, 15) is 0 Å². The van der Waals surface area contributed by atoms with E-state index in [0.717, 1.165) is 24.7 Å². The smallest absolute Gasteiger partial charge is 0.120 e. The van der Waals surface area contributed by atoms with E-state index < -0.39 is 0 Å². The molecule has 1 rings (SSSR count). The van der Waals surface area contributed by atoms with Crippen molar-refractivity contribution in [2.75, 3.05) is 13.2 Å². The highest BCUT2D eigenvalue weighted by Crippen LogP contribution is 2.17. The minimum Gasteiger partial charge on any atom is -0.465 e. The molecule has 16 heavy (non-hydrogen) atoms. The summed E-state index contributed by atoms with van der Waals surface area (Å²) in [6, 6.07) is 4.22. The molecule has 0 aliphatic carbocycles. The Balaban J connectivity index is 2.43. The number of furan rings is 1. The summed E-state index contributed by atoms with van der Waals surface area (Å²) < 4.78 is 11.2. The molecule has 1 aromatic heterocycles. The highest BCUT2D eigenvalue weighted by atomic mass is 16.5. The van der Waals surface area contributed by atoms with Crippen LogP contribution >= 0.6 is 0 Å². The lowest BCUT2D eigenvalue weighted by atomic mass is 10.1. The molecule has 1 atom stereocenters. The molecule has 1 aromatic rings. The highest BCUT2D eigenvalue weighted by Gasteiger charge is 2.19. The van der Waals surface area contributed by atoms with Crippen molar-refractivity contribution >= 4 is 0 Å². The van der Waals surface area contributed by atoms with Gasteiger partial charge in [-0.1, -0.05) is 0 Å². The second kappa shape index (κ2) is 5.51. The minimum absolute atomic E-state index is 0.134. The Morgan fingerprint density at radius 1 is 1.44 bits per heavy atom. The van der Waals surface area contributed by atoms with Crippen molar-refractivity contribution in [1.82, 2.24) is 5.32 Å². The topological polar surface area (TPSA) is 34.4 Å². The van der Waals surface area contributed by atoms with Gasteiger partial charge in [0.2, 0.25) is 0 Å². The van der Waals surface area contributed by atoms with E-state index in [1.54, 1.807) is 0 Å².